The van der Waals surface area contributed by atoms with E-state index in [0.29, 0.717) is 18.3 Å². The molecule has 19 heavy (non-hydrogen) atoms. The Bertz CT molecular complexity index is 286. The summed E-state index contributed by atoms with van der Waals surface area (Å²) < 4.78 is 0. The Morgan fingerprint density at radius 2 is 1.95 bits per heavy atom. The van der Waals surface area contributed by atoms with Crippen LogP contribution in [0.25, 0.3) is 0 Å². The zero-order valence-corrected chi connectivity index (χ0v) is 12.6. The molecule has 1 fully saturated rings. The molecule has 1 aliphatic carbocycles. The molecule has 1 N–H and O–H groups in total. The number of rotatable bonds is 9. The number of carbonyl (C=O) groups excluding carboxylic acids is 1. The fraction of sp³-hybridized carbons (Fsp3) is 0.933. The molecule has 0 radical (unpaired) electrons. The number of carbonyl (C=O) groups is 1. The first-order valence-corrected chi connectivity index (χ1v) is 7.31. The second-order valence-corrected chi connectivity index (χ2v) is 6.35. The van der Waals surface area contributed by atoms with Crippen molar-refractivity contribution in [3.63, 3.8) is 0 Å². The number of aliphatic hydroxyl groups excluding tert-OH is 1. The minimum absolute atomic E-state index is 0.186. The second kappa shape index (κ2) is 7.25. The molecule has 1 saturated carbocycles. The van der Waals surface area contributed by atoms with Crippen LogP contribution in [0.15, 0.2) is 0 Å². The molecule has 0 spiro atoms. The van der Waals surface area contributed by atoms with Gasteiger partial charge in [-0.05, 0) is 37.0 Å². The summed E-state index contributed by atoms with van der Waals surface area (Å²) in [6.07, 6.45) is 5.74. The molecule has 0 saturated heterocycles. The predicted molar refractivity (Wildman–Crippen MR) is 73.2 cm³/mol. The van der Waals surface area contributed by atoms with Crippen LogP contribution in [0.4, 0.5) is 0 Å². The molecule has 1 rings (SSSR count). The van der Waals surface area contributed by atoms with Gasteiger partial charge in [0.15, 0.2) is 0 Å². The normalized spacial score (nSPS) is 25.9. The van der Waals surface area contributed by atoms with Gasteiger partial charge in [0.05, 0.1) is 19.6 Å². The Labute approximate surface area is 116 Å². The summed E-state index contributed by atoms with van der Waals surface area (Å²) in [7, 11) is 1.36. The molecule has 0 aromatic carbocycles. The van der Waals surface area contributed by atoms with Crippen LogP contribution in [0.5, 0.6) is 0 Å². The van der Waals surface area contributed by atoms with Crippen molar-refractivity contribution in [1.82, 2.24) is 0 Å². The van der Waals surface area contributed by atoms with Crippen LogP contribution >= 0.6 is 0 Å². The fourth-order valence-corrected chi connectivity index (χ4v) is 3.12. The van der Waals surface area contributed by atoms with Crippen LogP contribution in [-0.4, -0.2) is 24.3 Å². The van der Waals surface area contributed by atoms with Gasteiger partial charge in [-0.3, -0.25) is 4.89 Å². The molecule has 112 valence electrons. The van der Waals surface area contributed by atoms with Gasteiger partial charge in [0.2, 0.25) is 0 Å². The number of aliphatic hydroxyl groups is 1. The largest absolute Gasteiger partial charge is 0.393 e. The topological polar surface area (TPSA) is 55.8 Å². The molecule has 0 aliphatic heterocycles. The lowest BCUT2D eigenvalue weighted by atomic mass is 10.0. The quantitative estimate of drug-likeness (QED) is 0.398. The third-order valence-corrected chi connectivity index (χ3v) is 4.49. The van der Waals surface area contributed by atoms with Gasteiger partial charge < -0.3 is 5.11 Å². The van der Waals surface area contributed by atoms with Crippen LogP contribution in [0.2, 0.25) is 0 Å². The summed E-state index contributed by atoms with van der Waals surface area (Å²) in [5, 5.41) is 9.18. The van der Waals surface area contributed by atoms with E-state index >= 15 is 0 Å². The van der Waals surface area contributed by atoms with Gasteiger partial charge in [0.1, 0.15) is 0 Å². The van der Waals surface area contributed by atoms with Crippen molar-refractivity contribution >= 4 is 5.97 Å². The van der Waals surface area contributed by atoms with Gasteiger partial charge in [0.25, 0.3) is 0 Å². The smallest absolute Gasteiger partial charge is 0.342 e. The highest BCUT2D eigenvalue weighted by Gasteiger charge is 2.57. The Hall–Kier alpha value is -0.610. The van der Waals surface area contributed by atoms with E-state index in [0.717, 1.165) is 25.7 Å². The summed E-state index contributed by atoms with van der Waals surface area (Å²) >= 11 is 0. The summed E-state index contributed by atoms with van der Waals surface area (Å²) in [5.41, 5.74) is 0.247. The van der Waals surface area contributed by atoms with Gasteiger partial charge in [0, 0.05) is 0 Å². The summed E-state index contributed by atoms with van der Waals surface area (Å²) in [6.45, 7) is 6.28. The lowest BCUT2D eigenvalue weighted by molar-refractivity contribution is -0.255. The molecule has 1 aliphatic rings. The van der Waals surface area contributed by atoms with Crippen molar-refractivity contribution in [2.24, 2.45) is 17.3 Å². The van der Waals surface area contributed by atoms with Crippen molar-refractivity contribution in [1.29, 1.82) is 0 Å². The highest BCUT2D eigenvalue weighted by atomic mass is 17.2. The highest BCUT2D eigenvalue weighted by Crippen LogP contribution is 2.62. The molecule has 3 atom stereocenters. The predicted octanol–water partition coefficient (Wildman–Crippen LogP) is 3.08. The SMILES string of the molecule is COOC(=O)CC1C(CCCCCC(C)O)C1(C)C. The Kier molecular flexibility index (Phi) is 6.27. The van der Waals surface area contributed by atoms with E-state index < -0.39 is 0 Å². The maximum Gasteiger partial charge on any atom is 0.342 e. The minimum atomic E-state index is -0.266. The van der Waals surface area contributed by atoms with Crippen molar-refractivity contribution in [2.75, 3.05) is 7.11 Å². The Morgan fingerprint density at radius 1 is 1.26 bits per heavy atom. The van der Waals surface area contributed by atoms with Gasteiger partial charge in [-0.25, -0.2) is 4.79 Å². The van der Waals surface area contributed by atoms with E-state index in [4.69, 9.17) is 0 Å². The summed E-state index contributed by atoms with van der Waals surface area (Å²) in [5.74, 6) is 0.771. The third kappa shape index (κ3) is 5.11. The monoisotopic (exact) mass is 272 g/mol. The lowest BCUT2D eigenvalue weighted by Gasteiger charge is -2.04. The first-order valence-electron chi connectivity index (χ1n) is 7.31. The highest BCUT2D eigenvalue weighted by molar-refractivity contribution is 5.69. The van der Waals surface area contributed by atoms with Crippen LogP contribution in [0, 0.1) is 17.3 Å². The van der Waals surface area contributed by atoms with Crippen molar-refractivity contribution in [3.05, 3.63) is 0 Å². The molecule has 0 aromatic heterocycles. The average Bonchev–Trinajstić information content (AvgIpc) is 2.80. The van der Waals surface area contributed by atoms with Crippen molar-refractivity contribution in [3.8, 4) is 0 Å². The first kappa shape index (κ1) is 16.4. The molecule has 0 aromatic rings. The van der Waals surface area contributed by atoms with Crippen molar-refractivity contribution < 1.29 is 19.7 Å². The van der Waals surface area contributed by atoms with Gasteiger partial charge in [-0.2, -0.15) is 4.89 Å². The standard InChI is InChI=1S/C15H28O4/c1-11(16)8-6-5-7-9-12-13(15(12,2)3)10-14(17)19-18-4/h11-13,16H,5-10H2,1-4H3. The fourth-order valence-electron chi connectivity index (χ4n) is 3.12. The summed E-state index contributed by atoms with van der Waals surface area (Å²) in [4.78, 5) is 20.3. The molecule has 4 nitrogen and oxygen atoms in total. The van der Waals surface area contributed by atoms with Crippen LogP contribution in [0.3, 0.4) is 0 Å². The lowest BCUT2D eigenvalue weighted by Crippen LogP contribution is -2.06. The second-order valence-electron chi connectivity index (χ2n) is 6.35. The van der Waals surface area contributed by atoms with E-state index in [2.05, 4.69) is 23.6 Å². The van der Waals surface area contributed by atoms with E-state index in [9.17, 15) is 9.90 Å². The maximum atomic E-state index is 11.4. The van der Waals surface area contributed by atoms with Gasteiger partial charge in [-0.15, -0.1) is 0 Å². The van der Waals surface area contributed by atoms with Crippen LogP contribution < -0.4 is 0 Å². The van der Waals surface area contributed by atoms with Crippen molar-refractivity contribution in [2.45, 2.75) is 65.4 Å². The Morgan fingerprint density at radius 3 is 2.53 bits per heavy atom. The zero-order valence-electron chi connectivity index (χ0n) is 12.6. The van der Waals surface area contributed by atoms with E-state index in [1.165, 1.54) is 13.5 Å². The van der Waals surface area contributed by atoms with Gasteiger partial charge in [-0.1, -0.05) is 33.1 Å². The van der Waals surface area contributed by atoms with E-state index in [1.807, 2.05) is 6.92 Å². The van der Waals surface area contributed by atoms with Crippen LogP contribution in [0.1, 0.15) is 59.3 Å². The minimum Gasteiger partial charge on any atom is -0.393 e. The molecular formula is C15H28O4. The van der Waals surface area contributed by atoms with E-state index in [-0.39, 0.29) is 17.5 Å². The molecule has 3 unspecified atom stereocenters. The number of hydrogen-bond acceptors (Lipinski definition) is 4. The molecule has 0 heterocycles. The zero-order chi connectivity index (χ0) is 14.5. The van der Waals surface area contributed by atoms with Gasteiger partial charge >= 0.3 is 5.97 Å². The number of unbranched alkanes of at least 4 members (excludes halogenated alkanes) is 2. The van der Waals surface area contributed by atoms with Crippen LogP contribution in [-0.2, 0) is 14.6 Å². The molecule has 0 bridgehead atoms. The third-order valence-electron chi connectivity index (χ3n) is 4.49. The molecular weight excluding hydrogens is 244 g/mol. The Balaban J connectivity index is 2.18. The summed E-state index contributed by atoms with van der Waals surface area (Å²) in [6, 6.07) is 0. The number of hydrogen-bond donors (Lipinski definition) is 1. The maximum absolute atomic E-state index is 11.4. The first-order chi connectivity index (χ1) is 8.89. The average molecular weight is 272 g/mol. The molecule has 4 heteroatoms. The molecule has 0 amide bonds. The van der Waals surface area contributed by atoms with E-state index in [1.54, 1.807) is 0 Å².